The highest BCUT2D eigenvalue weighted by atomic mass is 16.3. The first-order valence-electron chi connectivity index (χ1n) is 8.87. The lowest BCUT2D eigenvalue weighted by atomic mass is 9.49. The van der Waals surface area contributed by atoms with Crippen LogP contribution < -0.4 is 0 Å². The van der Waals surface area contributed by atoms with Crippen LogP contribution in [0.5, 0.6) is 11.5 Å². The molecule has 2 unspecified atom stereocenters. The standard InChI is InChI=1S/C21H30O2/c1-12(2)17-18-13(3)10-16-20(4,5)8-7-9-21(16,6)14(18)11-15(22)19(17)23/h11-12,16,22-23H,3,7-10H2,1-2,4-6H3. The highest BCUT2D eigenvalue weighted by Gasteiger charge is 2.51. The van der Waals surface area contributed by atoms with E-state index in [2.05, 4.69) is 41.2 Å². The Morgan fingerprint density at radius 1 is 1.17 bits per heavy atom. The molecule has 0 amide bonds. The Kier molecular flexibility index (Phi) is 3.59. The molecule has 2 N–H and O–H groups in total. The van der Waals surface area contributed by atoms with Gasteiger partial charge in [0.1, 0.15) is 0 Å². The molecule has 0 bridgehead atoms. The van der Waals surface area contributed by atoms with Crippen LogP contribution in [0.2, 0.25) is 0 Å². The molecule has 2 aliphatic carbocycles. The molecular formula is C21H30O2. The van der Waals surface area contributed by atoms with E-state index in [0.29, 0.717) is 5.92 Å². The fourth-order valence-corrected chi connectivity index (χ4v) is 5.37. The summed E-state index contributed by atoms with van der Waals surface area (Å²) < 4.78 is 0. The summed E-state index contributed by atoms with van der Waals surface area (Å²) in [7, 11) is 0. The summed E-state index contributed by atoms with van der Waals surface area (Å²) in [5.41, 5.74) is 4.63. The van der Waals surface area contributed by atoms with Gasteiger partial charge in [0.15, 0.2) is 11.5 Å². The third-order valence-corrected chi connectivity index (χ3v) is 6.54. The minimum Gasteiger partial charge on any atom is -0.504 e. The van der Waals surface area contributed by atoms with Gasteiger partial charge in [0.2, 0.25) is 0 Å². The molecule has 0 heterocycles. The maximum atomic E-state index is 10.4. The number of rotatable bonds is 1. The van der Waals surface area contributed by atoms with Gasteiger partial charge < -0.3 is 10.2 Å². The number of hydrogen-bond acceptors (Lipinski definition) is 2. The number of hydrogen-bond donors (Lipinski definition) is 2. The van der Waals surface area contributed by atoms with Crippen molar-refractivity contribution in [3.8, 4) is 11.5 Å². The molecular weight excluding hydrogens is 284 g/mol. The summed E-state index contributed by atoms with van der Waals surface area (Å²) in [5.74, 6) is 0.750. The molecule has 0 saturated heterocycles. The molecule has 3 rings (SSSR count). The summed E-state index contributed by atoms with van der Waals surface area (Å²) in [6, 6.07) is 1.81. The van der Waals surface area contributed by atoms with E-state index in [-0.39, 0.29) is 28.2 Å². The van der Waals surface area contributed by atoms with E-state index in [0.717, 1.165) is 29.5 Å². The van der Waals surface area contributed by atoms with Crippen LogP contribution in [0.25, 0.3) is 5.57 Å². The molecule has 1 aromatic rings. The van der Waals surface area contributed by atoms with E-state index in [9.17, 15) is 10.2 Å². The first kappa shape index (κ1) is 16.4. The van der Waals surface area contributed by atoms with Gasteiger partial charge in [-0.2, -0.15) is 0 Å². The molecule has 1 saturated carbocycles. The third-order valence-electron chi connectivity index (χ3n) is 6.54. The van der Waals surface area contributed by atoms with Crippen LogP contribution in [-0.4, -0.2) is 10.2 Å². The molecule has 126 valence electrons. The molecule has 0 radical (unpaired) electrons. The van der Waals surface area contributed by atoms with E-state index in [1.807, 2.05) is 6.07 Å². The van der Waals surface area contributed by atoms with Crippen LogP contribution in [-0.2, 0) is 5.41 Å². The van der Waals surface area contributed by atoms with Crippen LogP contribution >= 0.6 is 0 Å². The number of fused-ring (bicyclic) bond motifs is 3. The summed E-state index contributed by atoms with van der Waals surface area (Å²) >= 11 is 0. The van der Waals surface area contributed by atoms with E-state index in [1.165, 1.54) is 18.4 Å². The number of benzene rings is 1. The van der Waals surface area contributed by atoms with Crippen molar-refractivity contribution in [2.45, 2.75) is 71.6 Å². The second kappa shape index (κ2) is 5.03. The third kappa shape index (κ3) is 2.21. The molecule has 2 aliphatic rings. The Hall–Kier alpha value is -1.44. The minimum absolute atomic E-state index is 0.0190. The Morgan fingerprint density at radius 2 is 1.83 bits per heavy atom. The SMILES string of the molecule is C=C1CC2C(C)(C)CCCC2(C)c2cc(O)c(O)c(C(C)C)c21. The van der Waals surface area contributed by atoms with Crippen molar-refractivity contribution in [3.05, 3.63) is 29.3 Å². The Labute approximate surface area is 140 Å². The quantitative estimate of drug-likeness (QED) is 0.651. The smallest absolute Gasteiger partial charge is 0.161 e. The first-order chi connectivity index (χ1) is 10.6. The van der Waals surface area contributed by atoms with Gasteiger partial charge in [0.05, 0.1) is 0 Å². The van der Waals surface area contributed by atoms with Crippen molar-refractivity contribution in [2.75, 3.05) is 0 Å². The highest BCUT2D eigenvalue weighted by molar-refractivity contribution is 5.77. The van der Waals surface area contributed by atoms with Crippen LogP contribution in [0.15, 0.2) is 12.6 Å². The predicted octanol–water partition coefficient (Wildman–Crippen LogP) is 5.72. The lowest BCUT2D eigenvalue weighted by Gasteiger charge is -2.55. The number of aromatic hydroxyl groups is 2. The maximum Gasteiger partial charge on any atom is 0.161 e. The highest BCUT2D eigenvalue weighted by Crippen LogP contribution is 2.61. The zero-order valence-corrected chi connectivity index (χ0v) is 15.2. The normalized spacial score (nSPS) is 29.3. The van der Waals surface area contributed by atoms with Crippen molar-refractivity contribution in [3.63, 3.8) is 0 Å². The molecule has 2 nitrogen and oxygen atoms in total. The van der Waals surface area contributed by atoms with Crippen molar-refractivity contribution in [1.82, 2.24) is 0 Å². The van der Waals surface area contributed by atoms with Gasteiger partial charge in [0, 0.05) is 5.56 Å². The zero-order valence-electron chi connectivity index (χ0n) is 15.2. The van der Waals surface area contributed by atoms with E-state index < -0.39 is 0 Å². The van der Waals surface area contributed by atoms with Crippen molar-refractivity contribution in [2.24, 2.45) is 11.3 Å². The molecule has 2 heteroatoms. The first-order valence-corrected chi connectivity index (χ1v) is 8.87. The Morgan fingerprint density at radius 3 is 2.43 bits per heavy atom. The van der Waals surface area contributed by atoms with Gasteiger partial charge in [-0.15, -0.1) is 0 Å². The molecule has 23 heavy (non-hydrogen) atoms. The average molecular weight is 314 g/mol. The largest absolute Gasteiger partial charge is 0.504 e. The van der Waals surface area contributed by atoms with E-state index in [4.69, 9.17) is 0 Å². The Balaban J connectivity index is 2.31. The minimum atomic E-state index is 0.0190. The van der Waals surface area contributed by atoms with Gasteiger partial charge >= 0.3 is 0 Å². The topological polar surface area (TPSA) is 40.5 Å². The van der Waals surface area contributed by atoms with Crippen molar-refractivity contribution >= 4 is 5.57 Å². The fraction of sp³-hybridized carbons (Fsp3) is 0.619. The molecule has 1 fully saturated rings. The molecule has 2 atom stereocenters. The van der Waals surface area contributed by atoms with Gasteiger partial charge in [-0.05, 0) is 64.7 Å². The van der Waals surface area contributed by atoms with Crippen LogP contribution in [0.1, 0.15) is 82.9 Å². The molecule has 0 aromatic heterocycles. The summed E-state index contributed by atoms with van der Waals surface area (Å²) in [6.07, 6.45) is 4.59. The van der Waals surface area contributed by atoms with Gasteiger partial charge in [-0.25, -0.2) is 0 Å². The monoisotopic (exact) mass is 314 g/mol. The van der Waals surface area contributed by atoms with Crippen molar-refractivity contribution < 1.29 is 10.2 Å². The van der Waals surface area contributed by atoms with Gasteiger partial charge in [-0.1, -0.05) is 47.6 Å². The fourth-order valence-electron chi connectivity index (χ4n) is 5.37. The van der Waals surface area contributed by atoms with Crippen LogP contribution in [0.4, 0.5) is 0 Å². The number of phenolic OH excluding ortho intramolecular Hbond substituents is 2. The van der Waals surface area contributed by atoms with E-state index >= 15 is 0 Å². The maximum absolute atomic E-state index is 10.4. The predicted molar refractivity (Wildman–Crippen MR) is 96.0 cm³/mol. The van der Waals surface area contributed by atoms with E-state index in [1.54, 1.807) is 0 Å². The lowest BCUT2D eigenvalue weighted by molar-refractivity contribution is 0.0549. The summed E-state index contributed by atoms with van der Waals surface area (Å²) in [5, 5.41) is 20.8. The van der Waals surface area contributed by atoms with Gasteiger partial charge in [0.25, 0.3) is 0 Å². The second-order valence-corrected chi connectivity index (χ2v) is 8.86. The second-order valence-electron chi connectivity index (χ2n) is 8.86. The van der Waals surface area contributed by atoms with Crippen LogP contribution in [0.3, 0.4) is 0 Å². The van der Waals surface area contributed by atoms with Crippen molar-refractivity contribution in [1.29, 1.82) is 0 Å². The number of phenols is 2. The Bertz CT molecular complexity index is 669. The average Bonchev–Trinajstić information content (AvgIpc) is 2.43. The number of allylic oxidation sites excluding steroid dienone is 1. The van der Waals surface area contributed by atoms with Crippen LogP contribution in [0, 0.1) is 11.3 Å². The summed E-state index contributed by atoms with van der Waals surface area (Å²) in [4.78, 5) is 0. The zero-order chi connectivity index (χ0) is 17.2. The molecule has 1 aromatic carbocycles. The molecule has 0 spiro atoms. The molecule has 0 aliphatic heterocycles. The lowest BCUT2D eigenvalue weighted by Crippen LogP contribution is -2.47. The van der Waals surface area contributed by atoms with Gasteiger partial charge in [-0.3, -0.25) is 0 Å². The summed E-state index contributed by atoms with van der Waals surface area (Å²) in [6.45, 7) is 15.6.